The molecule has 0 spiro atoms. The molecule has 7 heteroatoms. The van der Waals surface area contributed by atoms with Gasteiger partial charge in [-0.2, -0.15) is 5.10 Å². The lowest BCUT2D eigenvalue weighted by Crippen LogP contribution is -2.50. The van der Waals surface area contributed by atoms with Crippen molar-refractivity contribution >= 4 is 29.7 Å². The second-order valence-corrected chi connectivity index (χ2v) is 11.6. The molecule has 0 aliphatic carbocycles. The number of piperazine rings is 1. The summed E-state index contributed by atoms with van der Waals surface area (Å²) in [6, 6.07) is 16.1. The van der Waals surface area contributed by atoms with Crippen LogP contribution in [0.4, 0.5) is 0 Å². The Hall–Kier alpha value is -2.93. The van der Waals surface area contributed by atoms with Crippen molar-refractivity contribution in [3.63, 3.8) is 0 Å². The van der Waals surface area contributed by atoms with Crippen LogP contribution in [0.15, 0.2) is 48.5 Å². The van der Waals surface area contributed by atoms with E-state index in [4.69, 9.17) is 16.7 Å². The predicted octanol–water partition coefficient (Wildman–Crippen LogP) is 5.92. The average Bonchev–Trinajstić information content (AvgIpc) is 3.37. The maximum absolute atomic E-state index is 13.9. The Labute approximate surface area is 244 Å². The molecule has 2 fully saturated rings. The van der Waals surface area contributed by atoms with Gasteiger partial charge in [0.1, 0.15) is 0 Å². The van der Waals surface area contributed by atoms with Gasteiger partial charge in [-0.05, 0) is 87.1 Å². The summed E-state index contributed by atoms with van der Waals surface area (Å²) < 4.78 is 1.99. The Morgan fingerprint density at radius 1 is 0.925 bits per heavy atom. The first-order chi connectivity index (χ1) is 19.4. The zero-order valence-electron chi connectivity index (χ0n) is 24.2. The molecular formula is C33H42ClN5O. The molecule has 0 radical (unpaired) electrons. The summed E-state index contributed by atoms with van der Waals surface area (Å²) in [6.45, 7) is 11.3. The zero-order valence-corrected chi connectivity index (χ0v) is 24.9. The van der Waals surface area contributed by atoms with E-state index in [2.05, 4.69) is 72.0 Å². The number of nitrogens with zero attached hydrogens (tertiary/aromatic N) is 5. The van der Waals surface area contributed by atoms with Crippen molar-refractivity contribution in [3.05, 3.63) is 81.6 Å². The van der Waals surface area contributed by atoms with E-state index in [-0.39, 0.29) is 5.91 Å². The van der Waals surface area contributed by atoms with Crippen molar-refractivity contribution in [1.29, 1.82) is 0 Å². The smallest absolute Gasteiger partial charge is 0.257 e. The fraction of sp³-hybridized carbons (Fsp3) is 0.455. The van der Waals surface area contributed by atoms with Crippen molar-refractivity contribution in [1.82, 2.24) is 24.5 Å². The molecule has 1 aromatic heterocycles. The lowest BCUT2D eigenvalue weighted by molar-refractivity contribution is 0.0592. The maximum atomic E-state index is 13.9. The van der Waals surface area contributed by atoms with E-state index in [1.807, 2.05) is 28.9 Å². The van der Waals surface area contributed by atoms with Gasteiger partial charge in [-0.15, -0.1) is 0 Å². The fourth-order valence-corrected chi connectivity index (χ4v) is 6.09. The topological polar surface area (TPSA) is 44.6 Å². The first-order valence-electron chi connectivity index (χ1n) is 14.8. The van der Waals surface area contributed by atoms with Crippen LogP contribution >= 0.6 is 11.6 Å². The number of carbonyl (C=O) groups is 1. The highest BCUT2D eigenvalue weighted by Gasteiger charge is 2.30. The van der Waals surface area contributed by atoms with E-state index < -0.39 is 0 Å². The van der Waals surface area contributed by atoms with Crippen molar-refractivity contribution < 1.29 is 4.79 Å². The Bertz CT molecular complexity index is 1320. The number of hydrogen-bond acceptors (Lipinski definition) is 4. The van der Waals surface area contributed by atoms with Gasteiger partial charge in [0.05, 0.1) is 22.6 Å². The van der Waals surface area contributed by atoms with E-state index in [0.717, 1.165) is 90.3 Å². The number of carbonyl (C=O) groups excluding carboxylic acids is 1. The monoisotopic (exact) mass is 559 g/mol. The van der Waals surface area contributed by atoms with Crippen LogP contribution in [0.25, 0.3) is 17.8 Å². The summed E-state index contributed by atoms with van der Waals surface area (Å²) in [4.78, 5) is 21.0. The molecule has 0 N–H and O–H groups in total. The summed E-state index contributed by atoms with van der Waals surface area (Å²) in [6.07, 6.45) is 8.22. The molecule has 40 heavy (non-hydrogen) atoms. The minimum atomic E-state index is 0.137. The molecule has 3 aromatic rings. The Kier molecular flexibility index (Phi) is 9.40. The largest absolute Gasteiger partial charge is 0.336 e. The molecule has 1 amide bonds. The SMILES string of the molecule is CCc1nn(-c2cccc(/C=C/c3ccc(Cl)cc3)c2)c(CC)c1C(=O)N1CCN(CC2CCN(C)CC2)CC1. The standard InChI is InChI=1S/C33H42ClN5O/c1-4-30-32(33(40)38-21-19-37(20-22-38)24-27-15-17-36(3)18-16-27)31(5-2)39(35-30)29-8-6-7-26(23-29)10-9-25-11-13-28(34)14-12-25/h6-14,23,27H,4-5,15-22,24H2,1-3H3/b10-9+. The molecule has 3 heterocycles. The Morgan fingerprint density at radius 3 is 2.30 bits per heavy atom. The van der Waals surface area contributed by atoms with Crippen LogP contribution in [-0.2, 0) is 12.8 Å². The second kappa shape index (κ2) is 13.2. The molecule has 5 rings (SSSR count). The first-order valence-corrected chi connectivity index (χ1v) is 15.2. The lowest BCUT2D eigenvalue weighted by Gasteiger charge is -2.38. The van der Waals surface area contributed by atoms with E-state index in [9.17, 15) is 4.79 Å². The van der Waals surface area contributed by atoms with E-state index in [1.54, 1.807) is 0 Å². The molecule has 2 saturated heterocycles. The molecule has 0 saturated carbocycles. The van der Waals surface area contributed by atoms with Crippen LogP contribution in [0, 0.1) is 5.92 Å². The molecule has 0 atom stereocenters. The summed E-state index contributed by atoms with van der Waals surface area (Å²) in [5.74, 6) is 0.921. The predicted molar refractivity (Wildman–Crippen MR) is 165 cm³/mol. The minimum absolute atomic E-state index is 0.137. The Morgan fingerprint density at radius 2 is 1.62 bits per heavy atom. The van der Waals surface area contributed by atoms with Crippen LogP contribution in [-0.4, -0.2) is 83.2 Å². The van der Waals surface area contributed by atoms with Crippen molar-refractivity contribution in [3.8, 4) is 5.69 Å². The zero-order chi connectivity index (χ0) is 28.1. The number of likely N-dealkylation sites (tertiary alicyclic amines) is 1. The fourth-order valence-electron chi connectivity index (χ4n) is 5.97. The summed E-state index contributed by atoms with van der Waals surface area (Å²) in [7, 11) is 2.22. The molecule has 6 nitrogen and oxygen atoms in total. The van der Waals surface area contributed by atoms with Crippen LogP contribution in [0.2, 0.25) is 5.02 Å². The van der Waals surface area contributed by atoms with Crippen LogP contribution in [0.1, 0.15) is 59.6 Å². The number of piperidine rings is 1. The highest BCUT2D eigenvalue weighted by molar-refractivity contribution is 6.30. The van der Waals surface area contributed by atoms with Crippen molar-refractivity contribution in [2.75, 3.05) is 52.9 Å². The molecule has 0 unspecified atom stereocenters. The van der Waals surface area contributed by atoms with Gasteiger partial charge in [0.2, 0.25) is 0 Å². The van der Waals surface area contributed by atoms with Gasteiger partial charge < -0.3 is 9.80 Å². The third kappa shape index (κ3) is 6.68. The molecule has 2 aromatic carbocycles. The number of benzene rings is 2. The van der Waals surface area contributed by atoms with Gasteiger partial charge in [-0.1, -0.05) is 61.9 Å². The van der Waals surface area contributed by atoms with Gasteiger partial charge >= 0.3 is 0 Å². The quantitative estimate of drug-likeness (QED) is 0.321. The lowest BCUT2D eigenvalue weighted by atomic mass is 9.96. The summed E-state index contributed by atoms with van der Waals surface area (Å²) in [5, 5.41) is 5.70. The summed E-state index contributed by atoms with van der Waals surface area (Å²) >= 11 is 6.03. The average molecular weight is 560 g/mol. The first kappa shape index (κ1) is 28.6. The summed E-state index contributed by atoms with van der Waals surface area (Å²) in [5.41, 5.74) is 5.84. The molecule has 0 bridgehead atoms. The van der Waals surface area contributed by atoms with Crippen LogP contribution in [0.5, 0.6) is 0 Å². The highest BCUT2D eigenvalue weighted by Crippen LogP contribution is 2.25. The number of amides is 1. The normalized spacial score (nSPS) is 17.6. The third-order valence-corrected chi connectivity index (χ3v) is 8.66. The third-order valence-electron chi connectivity index (χ3n) is 8.40. The van der Waals surface area contributed by atoms with E-state index in [1.165, 1.54) is 25.9 Å². The number of aryl methyl sites for hydroxylation is 1. The van der Waals surface area contributed by atoms with Crippen molar-refractivity contribution in [2.45, 2.75) is 39.5 Å². The van der Waals surface area contributed by atoms with Gasteiger partial charge in [0, 0.05) is 37.7 Å². The van der Waals surface area contributed by atoms with Crippen LogP contribution in [0.3, 0.4) is 0 Å². The molecule has 212 valence electrons. The minimum Gasteiger partial charge on any atom is -0.336 e. The molecular weight excluding hydrogens is 518 g/mol. The number of aromatic nitrogens is 2. The second-order valence-electron chi connectivity index (χ2n) is 11.2. The van der Waals surface area contributed by atoms with Gasteiger partial charge in [-0.25, -0.2) is 4.68 Å². The van der Waals surface area contributed by atoms with E-state index in [0.29, 0.717) is 0 Å². The Balaban J connectivity index is 1.30. The molecule has 2 aliphatic rings. The molecule has 2 aliphatic heterocycles. The van der Waals surface area contributed by atoms with E-state index >= 15 is 0 Å². The van der Waals surface area contributed by atoms with Gasteiger partial charge in [-0.3, -0.25) is 9.69 Å². The van der Waals surface area contributed by atoms with Crippen LogP contribution < -0.4 is 0 Å². The maximum Gasteiger partial charge on any atom is 0.257 e. The number of hydrogen-bond donors (Lipinski definition) is 0. The highest BCUT2D eigenvalue weighted by atomic mass is 35.5. The number of halogens is 1. The number of rotatable bonds is 8. The van der Waals surface area contributed by atoms with Gasteiger partial charge in [0.15, 0.2) is 0 Å². The van der Waals surface area contributed by atoms with Gasteiger partial charge in [0.25, 0.3) is 5.91 Å². The van der Waals surface area contributed by atoms with Crippen molar-refractivity contribution in [2.24, 2.45) is 5.92 Å².